The third-order valence-corrected chi connectivity index (χ3v) is 3.50. The Hall–Kier alpha value is -1.06. The number of hydrogen-bond acceptors (Lipinski definition) is 2. The van der Waals surface area contributed by atoms with E-state index in [1.165, 1.54) is 5.56 Å². The molecule has 100 valence electrons. The second kappa shape index (κ2) is 7.39. The first-order chi connectivity index (χ1) is 8.27. The van der Waals surface area contributed by atoms with Crippen LogP contribution in [0.5, 0.6) is 0 Å². The number of halogens is 1. The number of nitrogens with one attached hydrogen (secondary N) is 1. The third kappa shape index (κ3) is 4.00. The molecule has 1 aliphatic heterocycles. The topological polar surface area (TPSA) is 49.3 Å². The molecule has 0 aromatic heterocycles. The van der Waals surface area contributed by atoms with Gasteiger partial charge in [-0.1, -0.05) is 30.3 Å². The van der Waals surface area contributed by atoms with E-state index in [-0.39, 0.29) is 24.4 Å². The summed E-state index contributed by atoms with van der Waals surface area (Å²) in [5.41, 5.74) is 1.29. The highest BCUT2D eigenvalue weighted by molar-refractivity contribution is 5.85. The normalized spacial score (nSPS) is 23.1. The minimum Gasteiger partial charge on any atom is -0.480 e. The average Bonchev–Trinajstić information content (AvgIpc) is 2.38. The predicted octanol–water partition coefficient (Wildman–Crippen LogP) is 2.49. The fourth-order valence-corrected chi connectivity index (χ4v) is 2.55. The van der Waals surface area contributed by atoms with Crippen molar-refractivity contribution in [1.29, 1.82) is 0 Å². The number of aryl methyl sites for hydroxylation is 1. The molecule has 0 amide bonds. The smallest absolute Gasteiger partial charge is 0.320 e. The fourth-order valence-electron chi connectivity index (χ4n) is 2.55. The Morgan fingerprint density at radius 1 is 1.33 bits per heavy atom. The van der Waals surface area contributed by atoms with Gasteiger partial charge in [0, 0.05) is 0 Å². The summed E-state index contributed by atoms with van der Waals surface area (Å²) in [4.78, 5) is 11.1. The maximum atomic E-state index is 11.1. The summed E-state index contributed by atoms with van der Waals surface area (Å²) in [6, 6.07) is 9.92. The minimum absolute atomic E-state index is 0. The van der Waals surface area contributed by atoms with Crippen molar-refractivity contribution in [2.75, 3.05) is 6.54 Å². The van der Waals surface area contributed by atoms with Crippen LogP contribution in [0.4, 0.5) is 0 Å². The van der Waals surface area contributed by atoms with E-state index in [0.717, 1.165) is 32.2 Å². The fraction of sp³-hybridized carbons (Fsp3) is 0.500. The van der Waals surface area contributed by atoms with Crippen LogP contribution in [0.1, 0.15) is 24.8 Å². The Balaban J connectivity index is 0.00000162. The standard InChI is InChI=1S/C14H19NO2.ClH/c16-14(17)13-12(7-4-10-15-13)9-8-11-5-2-1-3-6-11;/h1-3,5-6,12-13,15H,4,7-10H2,(H,16,17);1H. The van der Waals surface area contributed by atoms with Gasteiger partial charge in [-0.25, -0.2) is 0 Å². The molecule has 3 nitrogen and oxygen atoms in total. The van der Waals surface area contributed by atoms with Gasteiger partial charge in [0.1, 0.15) is 6.04 Å². The van der Waals surface area contributed by atoms with Crippen LogP contribution in [0, 0.1) is 5.92 Å². The molecule has 2 atom stereocenters. The van der Waals surface area contributed by atoms with Crippen LogP contribution >= 0.6 is 12.4 Å². The number of piperidine rings is 1. The van der Waals surface area contributed by atoms with E-state index in [4.69, 9.17) is 5.11 Å². The maximum Gasteiger partial charge on any atom is 0.320 e. The van der Waals surface area contributed by atoms with E-state index in [1.54, 1.807) is 0 Å². The third-order valence-electron chi connectivity index (χ3n) is 3.50. The number of benzene rings is 1. The summed E-state index contributed by atoms with van der Waals surface area (Å²) >= 11 is 0. The lowest BCUT2D eigenvalue weighted by Crippen LogP contribution is -2.46. The van der Waals surface area contributed by atoms with Gasteiger partial charge < -0.3 is 10.4 Å². The Bertz CT molecular complexity index is 369. The van der Waals surface area contributed by atoms with E-state index in [2.05, 4.69) is 17.4 Å². The molecule has 2 unspecified atom stereocenters. The first kappa shape index (κ1) is 15.0. The molecule has 4 heteroatoms. The summed E-state index contributed by atoms with van der Waals surface area (Å²) < 4.78 is 0. The summed E-state index contributed by atoms with van der Waals surface area (Å²) in [7, 11) is 0. The van der Waals surface area contributed by atoms with Gasteiger partial charge in [0.15, 0.2) is 0 Å². The molecule has 0 bridgehead atoms. The lowest BCUT2D eigenvalue weighted by molar-refractivity contribution is -0.141. The molecule has 1 fully saturated rings. The van der Waals surface area contributed by atoms with Gasteiger partial charge in [-0.3, -0.25) is 4.79 Å². The van der Waals surface area contributed by atoms with Gasteiger partial charge in [-0.15, -0.1) is 12.4 Å². The van der Waals surface area contributed by atoms with Crippen molar-refractivity contribution >= 4 is 18.4 Å². The molecule has 1 aromatic carbocycles. The first-order valence-corrected chi connectivity index (χ1v) is 6.27. The molecule has 1 aliphatic rings. The monoisotopic (exact) mass is 269 g/mol. The molecular formula is C14H20ClNO2. The first-order valence-electron chi connectivity index (χ1n) is 6.27. The number of aliphatic carboxylic acids is 1. The summed E-state index contributed by atoms with van der Waals surface area (Å²) in [6.07, 6.45) is 4.03. The lowest BCUT2D eigenvalue weighted by atomic mass is 9.86. The van der Waals surface area contributed by atoms with Crippen LogP contribution in [0.25, 0.3) is 0 Å². The van der Waals surface area contributed by atoms with Gasteiger partial charge in [0.2, 0.25) is 0 Å². The molecule has 1 aromatic rings. The van der Waals surface area contributed by atoms with Crippen molar-refractivity contribution in [3.05, 3.63) is 35.9 Å². The van der Waals surface area contributed by atoms with Crippen molar-refractivity contribution in [1.82, 2.24) is 5.32 Å². The lowest BCUT2D eigenvalue weighted by Gasteiger charge is -2.29. The van der Waals surface area contributed by atoms with Gasteiger partial charge in [0.05, 0.1) is 0 Å². The average molecular weight is 270 g/mol. The largest absolute Gasteiger partial charge is 0.480 e. The highest BCUT2D eigenvalue weighted by atomic mass is 35.5. The van der Waals surface area contributed by atoms with Crippen molar-refractivity contribution in [2.24, 2.45) is 5.92 Å². The van der Waals surface area contributed by atoms with Gasteiger partial charge in [-0.2, -0.15) is 0 Å². The molecule has 2 rings (SSSR count). The molecule has 0 saturated carbocycles. The van der Waals surface area contributed by atoms with Crippen molar-refractivity contribution in [3.8, 4) is 0 Å². The molecule has 1 heterocycles. The van der Waals surface area contributed by atoms with Crippen LogP contribution in [0.2, 0.25) is 0 Å². The van der Waals surface area contributed by atoms with Crippen molar-refractivity contribution in [2.45, 2.75) is 31.7 Å². The van der Waals surface area contributed by atoms with Crippen LogP contribution in [-0.2, 0) is 11.2 Å². The predicted molar refractivity (Wildman–Crippen MR) is 74.2 cm³/mol. The molecular weight excluding hydrogens is 250 g/mol. The Labute approximate surface area is 114 Å². The summed E-state index contributed by atoms with van der Waals surface area (Å²) in [6.45, 7) is 0.832. The number of carboxylic acids is 1. The van der Waals surface area contributed by atoms with E-state index < -0.39 is 5.97 Å². The van der Waals surface area contributed by atoms with Crippen molar-refractivity contribution in [3.63, 3.8) is 0 Å². The molecule has 1 saturated heterocycles. The zero-order valence-corrected chi connectivity index (χ0v) is 11.2. The van der Waals surface area contributed by atoms with Gasteiger partial charge in [-0.05, 0) is 43.7 Å². The maximum absolute atomic E-state index is 11.1. The second-order valence-corrected chi connectivity index (χ2v) is 4.70. The SMILES string of the molecule is Cl.O=C(O)C1NCCCC1CCc1ccccc1. The molecule has 0 radical (unpaired) electrons. The van der Waals surface area contributed by atoms with Crippen molar-refractivity contribution < 1.29 is 9.90 Å². The van der Waals surface area contributed by atoms with E-state index >= 15 is 0 Å². The number of carboxylic acid groups (broad SMARTS) is 1. The number of rotatable bonds is 4. The van der Waals surface area contributed by atoms with Crippen LogP contribution in [-0.4, -0.2) is 23.7 Å². The van der Waals surface area contributed by atoms with Gasteiger partial charge >= 0.3 is 5.97 Å². The zero-order valence-electron chi connectivity index (χ0n) is 10.3. The number of carbonyl (C=O) groups is 1. The zero-order chi connectivity index (χ0) is 12.1. The molecule has 18 heavy (non-hydrogen) atoms. The number of hydrogen-bond donors (Lipinski definition) is 2. The molecule has 2 N–H and O–H groups in total. The minimum atomic E-state index is -0.706. The van der Waals surface area contributed by atoms with Crippen LogP contribution in [0.15, 0.2) is 30.3 Å². The highest BCUT2D eigenvalue weighted by Gasteiger charge is 2.29. The Morgan fingerprint density at radius 3 is 2.72 bits per heavy atom. The molecule has 0 spiro atoms. The second-order valence-electron chi connectivity index (χ2n) is 4.70. The Kier molecular flexibility index (Phi) is 6.16. The summed E-state index contributed by atoms with van der Waals surface area (Å²) in [5.74, 6) is -0.441. The Morgan fingerprint density at radius 2 is 2.06 bits per heavy atom. The molecule has 0 aliphatic carbocycles. The van der Waals surface area contributed by atoms with Gasteiger partial charge in [0.25, 0.3) is 0 Å². The van der Waals surface area contributed by atoms with Crippen LogP contribution < -0.4 is 5.32 Å². The van der Waals surface area contributed by atoms with E-state index in [0.29, 0.717) is 0 Å². The van der Waals surface area contributed by atoms with E-state index in [9.17, 15) is 4.79 Å². The van der Waals surface area contributed by atoms with E-state index in [1.807, 2.05) is 18.2 Å². The van der Waals surface area contributed by atoms with Crippen LogP contribution in [0.3, 0.4) is 0 Å². The quantitative estimate of drug-likeness (QED) is 0.883. The summed E-state index contributed by atoms with van der Waals surface area (Å²) in [5, 5.41) is 12.2. The highest BCUT2D eigenvalue weighted by Crippen LogP contribution is 2.22.